The molecule has 1 fully saturated rings. The van der Waals surface area contributed by atoms with Crippen molar-refractivity contribution in [3.05, 3.63) is 22.3 Å². The van der Waals surface area contributed by atoms with Gasteiger partial charge in [0, 0.05) is 6.20 Å². The number of carbonyl (C=O) groups is 2. The molecule has 0 radical (unpaired) electrons. The molecule has 2 rings (SSSR count). The third-order valence-corrected chi connectivity index (χ3v) is 5.54. The fourth-order valence-corrected chi connectivity index (χ4v) is 4.18. The number of halogens is 2. The Balaban J connectivity index is 1.93. The summed E-state index contributed by atoms with van der Waals surface area (Å²) in [6.07, 6.45) is 0.405. The van der Waals surface area contributed by atoms with Gasteiger partial charge in [-0.1, -0.05) is 23.2 Å². The van der Waals surface area contributed by atoms with E-state index in [9.17, 15) is 18.0 Å². The zero-order chi connectivity index (χ0) is 17.2. The highest BCUT2D eigenvalue weighted by Gasteiger charge is 2.35. The number of amides is 1. The van der Waals surface area contributed by atoms with Crippen molar-refractivity contribution in [2.45, 2.75) is 19.4 Å². The van der Waals surface area contributed by atoms with Crippen molar-refractivity contribution < 1.29 is 22.7 Å². The van der Waals surface area contributed by atoms with Crippen molar-refractivity contribution in [1.82, 2.24) is 4.98 Å². The molecule has 10 heteroatoms. The van der Waals surface area contributed by atoms with Crippen LogP contribution in [-0.4, -0.2) is 42.9 Å². The smallest absolute Gasteiger partial charge is 0.310 e. The molecule has 2 atom stereocenters. The first-order chi connectivity index (χ1) is 10.7. The summed E-state index contributed by atoms with van der Waals surface area (Å²) in [4.78, 5) is 27.7. The van der Waals surface area contributed by atoms with Crippen molar-refractivity contribution in [3.8, 4) is 0 Å². The zero-order valence-electron chi connectivity index (χ0n) is 12.1. The Morgan fingerprint density at radius 2 is 2.13 bits per heavy atom. The van der Waals surface area contributed by atoms with E-state index in [-0.39, 0.29) is 28.8 Å². The summed E-state index contributed by atoms with van der Waals surface area (Å²) in [5.74, 6) is -2.26. The number of carbonyl (C=O) groups excluding carboxylic acids is 2. The molecular weight excluding hydrogens is 367 g/mol. The average molecular weight is 381 g/mol. The Labute approximate surface area is 143 Å². The monoisotopic (exact) mass is 380 g/mol. The number of ether oxygens (including phenoxy) is 1. The zero-order valence-corrected chi connectivity index (χ0v) is 14.4. The highest BCUT2D eigenvalue weighted by Crippen LogP contribution is 2.23. The van der Waals surface area contributed by atoms with E-state index in [4.69, 9.17) is 27.9 Å². The number of nitrogens with one attached hydrogen (secondary N) is 1. The molecule has 2 heterocycles. The molecule has 1 aromatic heterocycles. The highest BCUT2D eigenvalue weighted by atomic mass is 35.5. The largest absolute Gasteiger partial charge is 0.452 e. The van der Waals surface area contributed by atoms with E-state index in [2.05, 4.69) is 10.3 Å². The number of nitrogens with zero attached hydrogens (tertiary/aromatic N) is 1. The lowest BCUT2D eigenvalue weighted by atomic mass is 10.1. The predicted molar refractivity (Wildman–Crippen MR) is 85.2 cm³/mol. The van der Waals surface area contributed by atoms with Gasteiger partial charge in [0.05, 0.1) is 27.5 Å². The van der Waals surface area contributed by atoms with Gasteiger partial charge in [0.1, 0.15) is 0 Å². The fraction of sp³-hybridized carbons (Fsp3) is 0.462. The Kier molecular flexibility index (Phi) is 5.49. The van der Waals surface area contributed by atoms with E-state index in [0.29, 0.717) is 5.02 Å². The second kappa shape index (κ2) is 7.02. The van der Waals surface area contributed by atoms with Gasteiger partial charge >= 0.3 is 5.97 Å². The van der Waals surface area contributed by atoms with E-state index in [0.717, 1.165) is 0 Å². The van der Waals surface area contributed by atoms with Crippen molar-refractivity contribution in [3.63, 3.8) is 0 Å². The summed E-state index contributed by atoms with van der Waals surface area (Å²) in [7, 11) is -3.20. The first-order valence-electron chi connectivity index (χ1n) is 6.71. The SMILES string of the molecule is CC(OC(=O)C1CCS(=O)(=O)C1)C(=O)Nc1ncc(Cl)cc1Cl. The molecule has 1 N–H and O–H groups in total. The van der Waals surface area contributed by atoms with Crippen LogP contribution in [0.25, 0.3) is 0 Å². The number of esters is 1. The maximum absolute atomic E-state index is 12.0. The number of anilines is 1. The van der Waals surface area contributed by atoms with Crippen LogP contribution < -0.4 is 5.32 Å². The first kappa shape index (κ1) is 18.0. The van der Waals surface area contributed by atoms with E-state index < -0.39 is 33.7 Å². The van der Waals surface area contributed by atoms with Gasteiger partial charge in [0.2, 0.25) is 0 Å². The normalized spacial score (nSPS) is 20.7. The lowest BCUT2D eigenvalue weighted by molar-refractivity contribution is -0.156. The molecule has 0 saturated carbocycles. The third kappa shape index (κ3) is 4.79. The van der Waals surface area contributed by atoms with Crippen LogP contribution in [0.15, 0.2) is 12.3 Å². The molecule has 126 valence electrons. The van der Waals surface area contributed by atoms with Gasteiger partial charge in [-0.3, -0.25) is 9.59 Å². The van der Waals surface area contributed by atoms with Crippen LogP contribution in [0, 0.1) is 5.92 Å². The van der Waals surface area contributed by atoms with Crippen LogP contribution in [0.4, 0.5) is 5.82 Å². The molecule has 1 amide bonds. The highest BCUT2D eigenvalue weighted by molar-refractivity contribution is 7.91. The van der Waals surface area contributed by atoms with Gasteiger partial charge in [0.25, 0.3) is 5.91 Å². The second-order valence-corrected chi connectivity index (χ2v) is 8.22. The lowest BCUT2D eigenvalue weighted by Crippen LogP contribution is -2.33. The van der Waals surface area contributed by atoms with Gasteiger partial charge in [-0.2, -0.15) is 0 Å². The second-order valence-electron chi connectivity index (χ2n) is 5.15. The molecule has 2 unspecified atom stereocenters. The first-order valence-corrected chi connectivity index (χ1v) is 9.28. The quantitative estimate of drug-likeness (QED) is 0.797. The number of rotatable bonds is 4. The van der Waals surface area contributed by atoms with Gasteiger partial charge < -0.3 is 10.1 Å². The molecular formula is C13H14Cl2N2O5S. The number of hydrogen-bond donors (Lipinski definition) is 1. The molecule has 1 aliphatic heterocycles. The van der Waals surface area contributed by atoms with Crippen LogP contribution in [0.2, 0.25) is 10.0 Å². The lowest BCUT2D eigenvalue weighted by Gasteiger charge is -2.15. The van der Waals surface area contributed by atoms with Crippen LogP contribution in [0.1, 0.15) is 13.3 Å². The summed E-state index contributed by atoms with van der Waals surface area (Å²) < 4.78 is 27.7. The molecule has 0 aromatic carbocycles. The summed E-state index contributed by atoms with van der Waals surface area (Å²) in [5.41, 5.74) is 0. The number of sulfone groups is 1. The van der Waals surface area contributed by atoms with Gasteiger partial charge in [0.15, 0.2) is 21.8 Å². The molecule has 7 nitrogen and oxygen atoms in total. The Bertz CT molecular complexity index is 738. The van der Waals surface area contributed by atoms with Crippen LogP contribution in [0.5, 0.6) is 0 Å². The third-order valence-electron chi connectivity index (χ3n) is 3.28. The summed E-state index contributed by atoms with van der Waals surface area (Å²) >= 11 is 11.6. The van der Waals surface area contributed by atoms with Crippen molar-refractivity contribution in [2.24, 2.45) is 5.92 Å². The maximum Gasteiger partial charge on any atom is 0.310 e. The standard InChI is InChI=1S/C13H14Cl2N2O5S/c1-7(22-13(19)8-2-3-23(20,21)6-8)12(18)17-11-10(15)4-9(14)5-16-11/h4-5,7-8H,2-3,6H2,1H3,(H,16,17,18). The van der Waals surface area contributed by atoms with Crippen LogP contribution >= 0.6 is 23.2 Å². The van der Waals surface area contributed by atoms with Gasteiger partial charge in [-0.05, 0) is 19.4 Å². The minimum absolute atomic E-state index is 0.0440. The van der Waals surface area contributed by atoms with Crippen LogP contribution in [-0.2, 0) is 24.2 Å². The van der Waals surface area contributed by atoms with Crippen molar-refractivity contribution in [2.75, 3.05) is 16.8 Å². The summed E-state index contributed by atoms with van der Waals surface area (Å²) in [6.45, 7) is 1.38. The van der Waals surface area contributed by atoms with Gasteiger partial charge in [-0.15, -0.1) is 0 Å². The molecule has 0 bridgehead atoms. The fourth-order valence-electron chi connectivity index (χ4n) is 2.03. The molecule has 1 aliphatic rings. The Hall–Kier alpha value is -1.38. The Morgan fingerprint density at radius 3 is 2.70 bits per heavy atom. The van der Waals surface area contributed by atoms with Gasteiger partial charge in [-0.25, -0.2) is 13.4 Å². The molecule has 0 spiro atoms. The Morgan fingerprint density at radius 1 is 1.43 bits per heavy atom. The summed E-state index contributed by atoms with van der Waals surface area (Å²) in [6, 6.07) is 1.41. The molecule has 23 heavy (non-hydrogen) atoms. The minimum atomic E-state index is -3.20. The maximum atomic E-state index is 12.0. The number of aromatic nitrogens is 1. The number of pyridine rings is 1. The van der Waals surface area contributed by atoms with Crippen LogP contribution in [0.3, 0.4) is 0 Å². The summed E-state index contributed by atoms with van der Waals surface area (Å²) in [5, 5.41) is 2.87. The minimum Gasteiger partial charge on any atom is -0.452 e. The average Bonchev–Trinajstić information content (AvgIpc) is 2.82. The molecule has 0 aliphatic carbocycles. The predicted octanol–water partition coefficient (Wildman–Crippen LogP) is 1.69. The number of hydrogen-bond acceptors (Lipinski definition) is 6. The molecule has 1 saturated heterocycles. The van der Waals surface area contributed by atoms with E-state index in [1.807, 2.05) is 0 Å². The molecule has 1 aromatic rings. The van der Waals surface area contributed by atoms with Crippen molar-refractivity contribution in [1.29, 1.82) is 0 Å². The van der Waals surface area contributed by atoms with Crippen molar-refractivity contribution >= 4 is 50.7 Å². The van der Waals surface area contributed by atoms with E-state index >= 15 is 0 Å². The van der Waals surface area contributed by atoms with E-state index in [1.165, 1.54) is 19.2 Å². The van der Waals surface area contributed by atoms with E-state index in [1.54, 1.807) is 0 Å². The topological polar surface area (TPSA) is 102 Å².